The molecule has 13 heavy (non-hydrogen) atoms. The molecule has 1 atom stereocenters. The molecule has 0 fully saturated rings. The Balaban J connectivity index is 3.05. The second-order valence-electron chi connectivity index (χ2n) is 3.21. The van der Waals surface area contributed by atoms with Crippen LogP contribution in [0.25, 0.3) is 0 Å². The zero-order chi connectivity index (χ0) is 9.84. The molecule has 0 aliphatic heterocycles. The number of benzene rings is 1. The fraction of sp³-hybridized carbons (Fsp3) is 0.455. The molecule has 0 aliphatic rings. The highest BCUT2D eigenvalue weighted by Gasteiger charge is 2.04. The highest BCUT2D eigenvalue weighted by molar-refractivity contribution is 5.38. The van der Waals surface area contributed by atoms with Gasteiger partial charge in [0.05, 0.1) is 7.11 Å². The molecular formula is C11H17NO. The zero-order valence-corrected chi connectivity index (χ0v) is 8.50. The van der Waals surface area contributed by atoms with Crippen LogP contribution in [0.4, 0.5) is 0 Å². The lowest BCUT2D eigenvalue weighted by Gasteiger charge is -2.11. The molecule has 1 aromatic carbocycles. The van der Waals surface area contributed by atoms with Crippen LogP contribution >= 0.6 is 0 Å². The molecule has 0 heterocycles. The van der Waals surface area contributed by atoms with E-state index in [-0.39, 0.29) is 6.04 Å². The molecule has 2 heteroatoms. The molecule has 0 aromatic heterocycles. The Hall–Kier alpha value is -1.02. The van der Waals surface area contributed by atoms with Gasteiger partial charge in [-0.2, -0.15) is 0 Å². The van der Waals surface area contributed by atoms with Crippen LogP contribution in [0.1, 0.15) is 31.0 Å². The fourth-order valence-corrected chi connectivity index (χ4v) is 1.34. The van der Waals surface area contributed by atoms with E-state index in [9.17, 15) is 0 Å². The van der Waals surface area contributed by atoms with Crippen molar-refractivity contribution in [1.82, 2.24) is 0 Å². The number of hydrogen-bond acceptors (Lipinski definition) is 2. The van der Waals surface area contributed by atoms with Gasteiger partial charge in [-0.3, -0.25) is 0 Å². The minimum atomic E-state index is 0.0693. The molecule has 72 valence electrons. The molecule has 2 nitrogen and oxygen atoms in total. The summed E-state index contributed by atoms with van der Waals surface area (Å²) in [5.41, 5.74) is 8.12. The van der Waals surface area contributed by atoms with Crippen molar-refractivity contribution in [2.24, 2.45) is 5.73 Å². The van der Waals surface area contributed by atoms with Crippen molar-refractivity contribution in [3.63, 3.8) is 0 Å². The number of nitrogens with two attached hydrogens (primary N) is 1. The summed E-state index contributed by atoms with van der Waals surface area (Å²) in [5, 5.41) is 0. The predicted octanol–water partition coefficient (Wildman–Crippen LogP) is 2.28. The summed E-state index contributed by atoms with van der Waals surface area (Å²) >= 11 is 0. The van der Waals surface area contributed by atoms with Crippen LogP contribution in [0.5, 0.6) is 5.75 Å². The van der Waals surface area contributed by atoms with Gasteiger partial charge in [0.1, 0.15) is 5.75 Å². The first-order valence-corrected chi connectivity index (χ1v) is 4.61. The van der Waals surface area contributed by atoms with E-state index in [4.69, 9.17) is 10.5 Å². The summed E-state index contributed by atoms with van der Waals surface area (Å²) in [4.78, 5) is 0. The normalized spacial score (nSPS) is 12.6. The van der Waals surface area contributed by atoms with E-state index in [0.29, 0.717) is 0 Å². The van der Waals surface area contributed by atoms with Crippen LogP contribution in [-0.4, -0.2) is 7.11 Å². The maximum atomic E-state index is 5.77. The molecule has 0 spiro atoms. The first-order valence-electron chi connectivity index (χ1n) is 4.61. The minimum Gasteiger partial charge on any atom is -0.496 e. The number of aryl methyl sites for hydroxylation is 1. The molecule has 0 radical (unpaired) electrons. The molecule has 0 bridgehead atoms. The van der Waals surface area contributed by atoms with Crippen molar-refractivity contribution in [1.29, 1.82) is 0 Å². The van der Waals surface area contributed by atoms with Crippen LogP contribution in [0.15, 0.2) is 18.2 Å². The number of methoxy groups -OCH3 is 1. The maximum absolute atomic E-state index is 5.77. The topological polar surface area (TPSA) is 35.2 Å². The molecule has 0 saturated carbocycles. The van der Waals surface area contributed by atoms with Gasteiger partial charge in [0.25, 0.3) is 0 Å². The maximum Gasteiger partial charge on any atom is 0.122 e. The second-order valence-corrected chi connectivity index (χ2v) is 3.21. The number of rotatable bonds is 3. The highest BCUT2D eigenvalue weighted by atomic mass is 16.5. The van der Waals surface area contributed by atoms with E-state index in [1.165, 1.54) is 5.56 Å². The van der Waals surface area contributed by atoms with Gasteiger partial charge in [-0.1, -0.05) is 19.1 Å². The summed E-state index contributed by atoms with van der Waals surface area (Å²) in [7, 11) is 1.69. The lowest BCUT2D eigenvalue weighted by atomic mass is 10.0. The third kappa shape index (κ3) is 2.22. The zero-order valence-electron chi connectivity index (χ0n) is 8.50. The van der Waals surface area contributed by atoms with E-state index in [1.54, 1.807) is 7.11 Å². The van der Waals surface area contributed by atoms with Gasteiger partial charge in [-0.25, -0.2) is 0 Å². The number of ether oxygens (including phenoxy) is 1. The highest BCUT2D eigenvalue weighted by Crippen LogP contribution is 2.23. The van der Waals surface area contributed by atoms with Gasteiger partial charge in [-0.15, -0.1) is 0 Å². The van der Waals surface area contributed by atoms with Gasteiger partial charge in [0.15, 0.2) is 0 Å². The van der Waals surface area contributed by atoms with Crippen molar-refractivity contribution in [2.75, 3.05) is 7.11 Å². The standard InChI is InChI=1S/C11H17NO/c1-4-9-5-6-10(8(2)12)7-11(9)13-3/h5-8H,4,12H2,1-3H3. The van der Waals surface area contributed by atoms with Crippen LogP contribution < -0.4 is 10.5 Å². The van der Waals surface area contributed by atoms with Crippen LogP contribution in [0.3, 0.4) is 0 Å². The van der Waals surface area contributed by atoms with E-state index >= 15 is 0 Å². The first-order chi connectivity index (χ1) is 6.19. The molecule has 0 saturated heterocycles. The van der Waals surface area contributed by atoms with Crippen LogP contribution in [0.2, 0.25) is 0 Å². The van der Waals surface area contributed by atoms with Crippen molar-refractivity contribution in [3.05, 3.63) is 29.3 Å². The summed E-state index contributed by atoms with van der Waals surface area (Å²) in [6, 6.07) is 6.23. The van der Waals surface area contributed by atoms with Crippen molar-refractivity contribution in [3.8, 4) is 5.75 Å². The van der Waals surface area contributed by atoms with Gasteiger partial charge < -0.3 is 10.5 Å². The van der Waals surface area contributed by atoms with Gasteiger partial charge in [-0.05, 0) is 30.5 Å². The Bertz CT molecular complexity index is 281. The molecule has 1 rings (SSSR count). The van der Waals surface area contributed by atoms with Gasteiger partial charge in [0, 0.05) is 6.04 Å². The largest absolute Gasteiger partial charge is 0.496 e. The Morgan fingerprint density at radius 2 is 2.15 bits per heavy atom. The summed E-state index contributed by atoms with van der Waals surface area (Å²) in [5.74, 6) is 0.942. The van der Waals surface area contributed by atoms with E-state index in [1.807, 2.05) is 13.0 Å². The quantitative estimate of drug-likeness (QED) is 0.772. The molecule has 1 aromatic rings. The van der Waals surface area contributed by atoms with Crippen molar-refractivity contribution >= 4 is 0 Å². The summed E-state index contributed by atoms with van der Waals surface area (Å²) < 4.78 is 5.27. The average Bonchev–Trinajstić information content (AvgIpc) is 2.16. The Morgan fingerprint density at radius 3 is 2.62 bits per heavy atom. The van der Waals surface area contributed by atoms with Gasteiger partial charge >= 0.3 is 0 Å². The summed E-state index contributed by atoms with van der Waals surface area (Å²) in [6.07, 6.45) is 0.988. The SMILES string of the molecule is CCc1ccc(C(C)N)cc1OC. The number of hydrogen-bond donors (Lipinski definition) is 1. The van der Waals surface area contributed by atoms with E-state index in [0.717, 1.165) is 17.7 Å². The molecule has 0 amide bonds. The monoisotopic (exact) mass is 179 g/mol. The lowest BCUT2D eigenvalue weighted by Crippen LogP contribution is -2.05. The Labute approximate surface area is 79.7 Å². The summed E-state index contributed by atoms with van der Waals surface area (Å²) in [6.45, 7) is 4.09. The van der Waals surface area contributed by atoms with Crippen LogP contribution in [0, 0.1) is 0 Å². The molecular weight excluding hydrogens is 162 g/mol. The lowest BCUT2D eigenvalue weighted by molar-refractivity contribution is 0.409. The second kappa shape index (κ2) is 4.28. The predicted molar refractivity (Wildman–Crippen MR) is 55.0 cm³/mol. The Kier molecular flexibility index (Phi) is 3.32. The van der Waals surface area contributed by atoms with Gasteiger partial charge in [0.2, 0.25) is 0 Å². The van der Waals surface area contributed by atoms with Crippen molar-refractivity contribution in [2.45, 2.75) is 26.3 Å². The third-order valence-electron chi connectivity index (χ3n) is 2.22. The van der Waals surface area contributed by atoms with Crippen molar-refractivity contribution < 1.29 is 4.74 Å². The van der Waals surface area contributed by atoms with E-state index < -0.39 is 0 Å². The fourth-order valence-electron chi connectivity index (χ4n) is 1.34. The van der Waals surface area contributed by atoms with E-state index in [2.05, 4.69) is 19.1 Å². The third-order valence-corrected chi connectivity index (χ3v) is 2.22. The van der Waals surface area contributed by atoms with Crippen LogP contribution in [-0.2, 0) is 6.42 Å². The average molecular weight is 179 g/mol. The Morgan fingerprint density at radius 1 is 1.46 bits per heavy atom. The first kappa shape index (κ1) is 10.1. The molecule has 2 N–H and O–H groups in total. The molecule has 0 aliphatic carbocycles. The molecule has 1 unspecified atom stereocenters. The smallest absolute Gasteiger partial charge is 0.122 e. The minimum absolute atomic E-state index is 0.0693.